The Hall–Kier alpha value is -1.07. The molecule has 0 atom stereocenters. The highest BCUT2D eigenvalue weighted by Gasteiger charge is 2.23. The smallest absolute Gasteiger partial charge is 0.267 e. The highest BCUT2D eigenvalue weighted by atomic mass is 35.5. The largest absolute Gasteiger partial charge is 0.283 e. The number of hydrogen-bond donors (Lipinski definition) is 1. The van der Waals surface area contributed by atoms with Crippen LogP contribution >= 0.6 is 11.6 Å². The second kappa shape index (κ2) is 2.21. The summed E-state index contributed by atoms with van der Waals surface area (Å²) in [5, 5.41) is 0.241. The van der Waals surface area contributed by atoms with E-state index in [0.29, 0.717) is 11.5 Å². The van der Waals surface area contributed by atoms with Gasteiger partial charge in [0.05, 0.1) is 0 Å². The van der Waals surface area contributed by atoms with E-state index in [1.54, 1.807) is 0 Å². The van der Waals surface area contributed by atoms with E-state index in [0.717, 1.165) is 0 Å². The molecular weight excluding hydrogens is 166 g/mol. The molecule has 2 aliphatic heterocycles. The van der Waals surface area contributed by atoms with E-state index in [-0.39, 0.29) is 11.5 Å². The van der Waals surface area contributed by atoms with Gasteiger partial charge in [0.1, 0.15) is 12.1 Å². The average molecular weight is 169 g/mol. The van der Waals surface area contributed by atoms with Crippen LogP contribution in [-0.2, 0) is 0 Å². The second-order valence-electron chi connectivity index (χ2n) is 1.92. The number of amidine groups is 1. The Labute approximate surface area is 67.4 Å². The summed E-state index contributed by atoms with van der Waals surface area (Å²) < 4.78 is 0. The first-order chi connectivity index (χ1) is 5.27. The Morgan fingerprint density at radius 2 is 2.18 bits per heavy atom. The van der Waals surface area contributed by atoms with E-state index in [9.17, 15) is 0 Å². The lowest BCUT2D eigenvalue weighted by Gasteiger charge is -2.07. The third kappa shape index (κ3) is 0.979. The lowest BCUT2D eigenvalue weighted by Crippen LogP contribution is -2.24. The van der Waals surface area contributed by atoms with Crippen LogP contribution in [-0.4, -0.2) is 23.1 Å². The minimum Gasteiger partial charge on any atom is -0.283 e. The zero-order valence-electron chi connectivity index (χ0n) is 5.32. The van der Waals surface area contributed by atoms with Crippen molar-refractivity contribution in [3.63, 3.8) is 0 Å². The molecule has 2 rings (SSSR count). The molecule has 2 heterocycles. The Morgan fingerprint density at radius 3 is 3.00 bits per heavy atom. The second-order valence-corrected chi connectivity index (χ2v) is 2.28. The van der Waals surface area contributed by atoms with Crippen LogP contribution in [0.4, 0.5) is 0 Å². The van der Waals surface area contributed by atoms with Gasteiger partial charge in [-0.05, 0) is 0 Å². The molecule has 0 aliphatic carbocycles. The van der Waals surface area contributed by atoms with E-state index in [1.165, 1.54) is 6.34 Å². The van der Waals surface area contributed by atoms with Gasteiger partial charge in [0.15, 0.2) is 11.0 Å². The Balaban J connectivity index is 2.46. The zero-order chi connectivity index (χ0) is 7.84. The molecule has 55 valence electrons. The van der Waals surface area contributed by atoms with E-state index < -0.39 is 0 Å². The van der Waals surface area contributed by atoms with Gasteiger partial charge in [-0.2, -0.15) is 0 Å². The number of hydrogen-bond acceptors (Lipinski definition) is 5. The predicted octanol–water partition coefficient (Wildman–Crippen LogP) is -0.0756. The highest BCUT2D eigenvalue weighted by Crippen LogP contribution is 2.11. The molecule has 5 nitrogen and oxygen atoms in total. The molecule has 2 N–H and O–H groups in total. The fourth-order valence-electron chi connectivity index (χ4n) is 0.775. The number of aliphatic imine (C=N–C) groups is 4. The standard InChI is InChI=1S/C5H3ClN5/c6-3-2-4(9-1-8-2)11-5(7)10-3/h1H,7H2. The molecule has 0 saturated heterocycles. The average Bonchev–Trinajstić information content (AvgIpc) is 2.34. The van der Waals surface area contributed by atoms with Gasteiger partial charge < -0.3 is 0 Å². The summed E-state index contributed by atoms with van der Waals surface area (Å²) in [6, 6.07) is 0. The van der Waals surface area contributed by atoms with Crippen molar-refractivity contribution < 1.29 is 0 Å². The number of nitrogens with zero attached hydrogens (tertiary/aromatic N) is 4. The normalized spacial score (nSPS) is 22.5. The molecule has 0 amide bonds. The van der Waals surface area contributed by atoms with E-state index in [2.05, 4.69) is 20.0 Å². The molecule has 2 aliphatic rings. The van der Waals surface area contributed by atoms with Crippen LogP contribution in [0.2, 0.25) is 0 Å². The van der Waals surface area contributed by atoms with E-state index >= 15 is 0 Å². The van der Waals surface area contributed by atoms with Gasteiger partial charge in [0.25, 0.3) is 6.29 Å². The highest BCUT2D eigenvalue weighted by molar-refractivity contribution is 6.94. The summed E-state index contributed by atoms with van der Waals surface area (Å²) in [5.74, 6) is 0.433. The summed E-state index contributed by atoms with van der Waals surface area (Å²) in [5.41, 5.74) is 5.80. The summed E-state index contributed by atoms with van der Waals surface area (Å²) in [7, 11) is 0. The third-order valence-corrected chi connectivity index (χ3v) is 1.47. The van der Waals surface area contributed by atoms with Crippen LogP contribution in [0, 0.1) is 6.29 Å². The van der Waals surface area contributed by atoms with Gasteiger partial charge in [0, 0.05) is 0 Å². The van der Waals surface area contributed by atoms with Crippen molar-refractivity contribution in [1.82, 2.24) is 0 Å². The summed E-state index contributed by atoms with van der Waals surface area (Å²) in [6.07, 6.45) is 1.48. The van der Waals surface area contributed by atoms with Crippen molar-refractivity contribution >= 4 is 34.7 Å². The Bertz CT molecular complexity index is 313. The SMILES string of the molecule is N[C]1N=C(Cl)C2=NC=NC2=N1. The predicted molar refractivity (Wildman–Crippen MR) is 44.1 cm³/mol. The molecule has 0 aromatic heterocycles. The minimum atomic E-state index is 0.114. The summed E-state index contributed by atoms with van der Waals surface area (Å²) >= 11 is 5.67. The maximum atomic E-state index is 5.67. The van der Waals surface area contributed by atoms with Crippen molar-refractivity contribution in [2.45, 2.75) is 0 Å². The lowest BCUT2D eigenvalue weighted by molar-refractivity contribution is 0.954. The molecular formula is C5H3ClN5. The zero-order valence-corrected chi connectivity index (χ0v) is 6.08. The van der Waals surface area contributed by atoms with Crippen molar-refractivity contribution in [2.24, 2.45) is 25.7 Å². The summed E-state index contributed by atoms with van der Waals surface area (Å²) in [6.45, 7) is 0. The van der Waals surface area contributed by atoms with Crippen LogP contribution in [0.3, 0.4) is 0 Å². The molecule has 6 heteroatoms. The number of rotatable bonds is 0. The van der Waals surface area contributed by atoms with Gasteiger partial charge >= 0.3 is 0 Å². The molecule has 0 fully saturated rings. The maximum Gasteiger partial charge on any atom is 0.267 e. The van der Waals surface area contributed by atoms with E-state index in [4.69, 9.17) is 17.3 Å². The van der Waals surface area contributed by atoms with Gasteiger partial charge in [0.2, 0.25) is 0 Å². The van der Waals surface area contributed by atoms with Crippen molar-refractivity contribution in [3.8, 4) is 0 Å². The first kappa shape index (κ1) is 6.63. The van der Waals surface area contributed by atoms with Crippen LogP contribution in [0.5, 0.6) is 0 Å². The van der Waals surface area contributed by atoms with Crippen molar-refractivity contribution in [1.29, 1.82) is 0 Å². The number of nitrogens with two attached hydrogens (primary N) is 1. The molecule has 11 heavy (non-hydrogen) atoms. The number of halogens is 1. The van der Waals surface area contributed by atoms with Gasteiger partial charge in [-0.1, -0.05) is 11.6 Å². The fraction of sp³-hybridized carbons (Fsp3) is 0. The molecule has 0 bridgehead atoms. The van der Waals surface area contributed by atoms with Crippen LogP contribution < -0.4 is 5.73 Å². The quantitative estimate of drug-likeness (QED) is 0.540. The maximum absolute atomic E-state index is 5.67. The monoisotopic (exact) mass is 168 g/mol. The van der Waals surface area contributed by atoms with Gasteiger partial charge in [-0.15, -0.1) is 0 Å². The summed E-state index contributed by atoms with van der Waals surface area (Å²) in [4.78, 5) is 15.2. The molecule has 0 spiro atoms. The van der Waals surface area contributed by atoms with Gasteiger partial charge in [-0.3, -0.25) is 5.73 Å². The Morgan fingerprint density at radius 1 is 1.36 bits per heavy atom. The lowest BCUT2D eigenvalue weighted by atomic mass is 10.3. The fourth-order valence-corrected chi connectivity index (χ4v) is 0.994. The van der Waals surface area contributed by atoms with Crippen molar-refractivity contribution in [3.05, 3.63) is 6.29 Å². The molecule has 0 unspecified atom stereocenters. The third-order valence-electron chi connectivity index (χ3n) is 1.21. The Kier molecular flexibility index (Phi) is 1.33. The molecule has 0 aromatic carbocycles. The van der Waals surface area contributed by atoms with Crippen molar-refractivity contribution in [2.75, 3.05) is 0 Å². The van der Waals surface area contributed by atoms with Crippen LogP contribution in [0.1, 0.15) is 0 Å². The minimum absolute atomic E-state index is 0.114. The number of fused-ring (bicyclic) bond motifs is 1. The molecule has 0 saturated carbocycles. The van der Waals surface area contributed by atoms with Crippen LogP contribution in [0.25, 0.3) is 0 Å². The topological polar surface area (TPSA) is 75.5 Å². The van der Waals surface area contributed by atoms with Gasteiger partial charge in [-0.25, -0.2) is 20.0 Å². The molecule has 0 aromatic rings. The first-order valence-electron chi connectivity index (χ1n) is 2.84. The van der Waals surface area contributed by atoms with E-state index in [1.807, 2.05) is 0 Å². The first-order valence-corrected chi connectivity index (χ1v) is 3.21. The van der Waals surface area contributed by atoms with Crippen LogP contribution in [0.15, 0.2) is 20.0 Å². The molecule has 1 radical (unpaired) electrons.